The van der Waals surface area contributed by atoms with Gasteiger partial charge in [-0.05, 0) is 18.9 Å². The number of hydrogen-bond acceptors (Lipinski definition) is 4. The normalized spacial score (nSPS) is 22.4. The molecular formula is C14H20N2O3S. The maximum atomic E-state index is 12.5. The first-order chi connectivity index (χ1) is 9.44. The molecule has 2 rings (SSSR count). The van der Waals surface area contributed by atoms with Gasteiger partial charge in [-0.3, -0.25) is 4.79 Å². The fraction of sp³-hybridized carbons (Fsp3) is 0.500. The van der Waals surface area contributed by atoms with Gasteiger partial charge in [-0.2, -0.15) is 0 Å². The average molecular weight is 296 g/mol. The van der Waals surface area contributed by atoms with Gasteiger partial charge < -0.3 is 10.6 Å². The Morgan fingerprint density at radius 1 is 1.40 bits per heavy atom. The van der Waals surface area contributed by atoms with Crippen molar-refractivity contribution in [1.82, 2.24) is 4.90 Å². The second-order valence-electron chi connectivity index (χ2n) is 5.07. The lowest BCUT2D eigenvalue weighted by Gasteiger charge is -2.29. The molecule has 0 saturated carbocycles. The second-order valence-corrected chi connectivity index (χ2v) is 7.30. The van der Waals surface area contributed by atoms with E-state index in [2.05, 4.69) is 0 Å². The molecule has 0 aliphatic carbocycles. The summed E-state index contributed by atoms with van der Waals surface area (Å²) in [6.45, 7) is 2.32. The number of nitrogens with zero attached hydrogens (tertiary/aromatic N) is 1. The Kier molecular flexibility index (Phi) is 4.45. The Labute approximate surface area is 119 Å². The van der Waals surface area contributed by atoms with E-state index in [9.17, 15) is 13.2 Å². The Hall–Kier alpha value is -1.40. The average Bonchev–Trinajstić information content (AvgIpc) is 2.79. The first kappa shape index (κ1) is 15.0. The van der Waals surface area contributed by atoms with E-state index >= 15 is 0 Å². The number of likely N-dealkylation sites (N-methyl/N-ethyl adjacent to an activating group) is 1. The molecule has 1 fully saturated rings. The quantitative estimate of drug-likeness (QED) is 0.888. The Morgan fingerprint density at radius 3 is 2.55 bits per heavy atom. The maximum absolute atomic E-state index is 12.5. The fourth-order valence-electron chi connectivity index (χ4n) is 2.60. The first-order valence-corrected chi connectivity index (χ1v) is 8.58. The number of benzene rings is 1. The van der Waals surface area contributed by atoms with E-state index in [0.29, 0.717) is 13.0 Å². The molecule has 0 radical (unpaired) electrons. The molecule has 1 amide bonds. The molecule has 1 unspecified atom stereocenters. The van der Waals surface area contributed by atoms with Crippen molar-refractivity contribution in [3.8, 4) is 0 Å². The monoisotopic (exact) mass is 296 g/mol. The summed E-state index contributed by atoms with van der Waals surface area (Å²) in [5.41, 5.74) is 6.76. The summed E-state index contributed by atoms with van der Waals surface area (Å²) in [7, 11) is -3.01. The molecule has 1 heterocycles. The predicted molar refractivity (Wildman–Crippen MR) is 77.8 cm³/mol. The summed E-state index contributed by atoms with van der Waals surface area (Å²) >= 11 is 0. The Bertz CT molecular complexity index is 571. The molecule has 110 valence electrons. The second kappa shape index (κ2) is 5.93. The highest BCUT2D eigenvalue weighted by Gasteiger charge is 2.35. The van der Waals surface area contributed by atoms with Crippen LogP contribution < -0.4 is 5.73 Å². The number of rotatable bonds is 4. The summed E-state index contributed by atoms with van der Waals surface area (Å²) in [5, 5.41) is 0. The molecule has 0 spiro atoms. The fourth-order valence-corrected chi connectivity index (χ4v) is 4.33. The SMILES string of the molecule is CCN(C(=O)[C@H](N)c1ccccc1)C1CCS(=O)(=O)C1. The van der Waals surface area contributed by atoms with Crippen LogP contribution in [0.25, 0.3) is 0 Å². The molecule has 1 aliphatic heterocycles. The molecule has 1 saturated heterocycles. The van der Waals surface area contributed by atoms with Gasteiger partial charge in [0.2, 0.25) is 5.91 Å². The van der Waals surface area contributed by atoms with Crippen LogP contribution in [-0.2, 0) is 14.6 Å². The topological polar surface area (TPSA) is 80.5 Å². The van der Waals surface area contributed by atoms with Crippen LogP contribution in [0.15, 0.2) is 30.3 Å². The maximum Gasteiger partial charge on any atom is 0.244 e. The molecule has 2 N–H and O–H groups in total. The molecule has 0 aromatic heterocycles. The summed E-state index contributed by atoms with van der Waals surface area (Å²) < 4.78 is 23.1. The van der Waals surface area contributed by atoms with Crippen LogP contribution in [0.2, 0.25) is 0 Å². The minimum atomic E-state index is -3.01. The van der Waals surface area contributed by atoms with Crippen LogP contribution in [-0.4, -0.2) is 43.3 Å². The summed E-state index contributed by atoms with van der Waals surface area (Å²) in [5.74, 6) is -0.00312. The molecule has 1 aromatic rings. The molecule has 6 heteroatoms. The van der Waals surface area contributed by atoms with Crippen LogP contribution in [0.5, 0.6) is 0 Å². The molecule has 5 nitrogen and oxygen atoms in total. The van der Waals surface area contributed by atoms with E-state index in [0.717, 1.165) is 5.56 Å². The third kappa shape index (κ3) is 3.19. The van der Waals surface area contributed by atoms with Gasteiger partial charge in [0.05, 0.1) is 11.5 Å². The Balaban J connectivity index is 2.14. The third-order valence-corrected chi connectivity index (χ3v) is 5.45. The van der Waals surface area contributed by atoms with Crippen molar-refractivity contribution in [3.05, 3.63) is 35.9 Å². The van der Waals surface area contributed by atoms with Gasteiger partial charge in [0.1, 0.15) is 6.04 Å². The molecular weight excluding hydrogens is 276 g/mol. The lowest BCUT2D eigenvalue weighted by molar-refractivity contribution is -0.134. The number of amides is 1. The largest absolute Gasteiger partial charge is 0.337 e. The van der Waals surface area contributed by atoms with Gasteiger partial charge in [0.25, 0.3) is 0 Å². The van der Waals surface area contributed by atoms with E-state index in [1.807, 2.05) is 37.3 Å². The Morgan fingerprint density at radius 2 is 2.05 bits per heavy atom. The van der Waals surface area contributed by atoms with Crippen molar-refractivity contribution in [2.24, 2.45) is 5.73 Å². The van der Waals surface area contributed by atoms with E-state index < -0.39 is 15.9 Å². The zero-order valence-electron chi connectivity index (χ0n) is 11.5. The minimum Gasteiger partial charge on any atom is -0.337 e. The van der Waals surface area contributed by atoms with Crippen molar-refractivity contribution in [2.75, 3.05) is 18.1 Å². The number of nitrogens with two attached hydrogens (primary N) is 1. The molecule has 2 atom stereocenters. The highest BCUT2D eigenvalue weighted by molar-refractivity contribution is 7.91. The van der Waals surface area contributed by atoms with Gasteiger partial charge >= 0.3 is 0 Å². The molecule has 20 heavy (non-hydrogen) atoms. The zero-order chi connectivity index (χ0) is 14.8. The standard InChI is InChI=1S/C14H20N2O3S/c1-2-16(12-8-9-20(18,19)10-12)14(17)13(15)11-6-4-3-5-7-11/h3-7,12-13H,2,8-10,15H2,1H3/t12?,13-/m1/s1. The lowest BCUT2D eigenvalue weighted by atomic mass is 10.1. The van der Waals surface area contributed by atoms with Crippen molar-refractivity contribution in [3.63, 3.8) is 0 Å². The van der Waals surface area contributed by atoms with Gasteiger partial charge in [0, 0.05) is 12.6 Å². The smallest absolute Gasteiger partial charge is 0.244 e. The highest BCUT2D eigenvalue weighted by Crippen LogP contribution is 2.21. The molecule has 1 aliphatic rings. The van der Waals surface area contributed by atoms with Gasteiger partial charge in [0.15, 0.2) is 9.84 Å². The van der Waals surface area contributed by atoms with Crippen molar-refractivity contribution < 1.29 is 13.2 Å². The van der Waals surface area contributed by atoms with Gasteiger partial charge in [-0.25, -0.2) is 8.42 Å². The van der Waals surface area contributed by atoms with E-state index in [1.54, 1.807) is 4.90 Å². The summed E-state index contributed by atoms with van der Waals surface area (Å²) in [6.07, 6.45) is 0.503. The van der Waals surface area contributed by atoms with Crippen LogP contribution in [0, 0.1) is 0 Å². The van der Waals surface area contributed by atoms with Crippen LogP contribution in [0.3, 0.4) is 0 Å². The van der Waals surface area contributed by atoms with Gasteiger partial charge in [-0.1, -0.05) is 30.3 Å². The summed E-state index contributed by atoms with van der Waals surface area (Å²) in [4.78, 5) is 14.1. The van der Waals surface area contributed by atoms with Gasteiger partial charge in [-0.15, -0.1) is 0 Å². The minimum absolute atomic E-state index is 0.0497. The van der Waals surface area contributed by atoms with E-state index in [1.165, 1.54) is 0 Å². The number of sulfone groups is 1. The van der Waals surface area contributed by atoms with Crippen molar-refractivity contribution in [2.45, 2.75) is 25.4 Å². The number of hydrogen-bond donors (Lipinski definition) is 1. The molecule has 0 bridgehead atoms. The summed E-state index contributed by atoms with van der Waals surface area (Å²) in [6, 6.07) is 8.16. The zero-order valence-corrected chi connectivity index (χ0v) is 12.3. The van der Waals surface area contributed by atoms with Crippen LogP contribution in [0.1, 0.15) is 24.9 Å². The highest BCUT2D eigenvalue weighted by atomic mass is 32.2. The van der Waals surface area contributed by atoms with Crippen molar-refractivity contribution >= 4 is 15.7 Å². The number of carbonyl (C=O) groups excluding carboxylic acids is 1. The number of carbonyl (C=O) groups is 1. The molecule has 1 aromatic carbocycles. The first-order valence-electron chi connectivity index (χ1n) is 6.76. The van der Waals surface area contributed by atoms with Crippen LogP contribution in [0.4, 0.5) is 0 Å². The lowest BCUT2D eigenvalue weighted by Crippen LogP contribution is -2.45. The third-order valence-electron chi connectivity index (χ3n) is 3.70. The predicted octanol–water partition coefficient (Wildman–Crippen LogP) is 0.722. The van der Waals surface area contributed by atoms with Crippen LogP contribution >= 0.6 is 0 Å². The van der Waals surface area contributed by atoms with Crippen molar-refractivity contribution in [1.29, 1.82) is 0 Å². The van der Waals surface area contributed by atoms with E-state index in [-0.39, 0.29) is 23.5 Å². The van der Waals surface area contributed by atoms with E-state index in [4.69, 9.17) is 5.73 Å².